The van der Waals surface area contributed by atoms with Crippen LogP contribution in [0.25, 0.3) is 5.57 Å². The van der Waals surface area contributed by atoms with Crippen LogP contribution in [0.2, 0.25) is 0 Å². The van der Waals surface area contributed by atoms with E-state index in [4.69, 9.17) is 33.3 Å². The second kappa shape index (κ2) is 18.5. The minimum atomic E-state index is -1.35. The molecule has 55 heavy (non-hydrogen) atoms. The van der Waals surface area contributed by atoms with Crippen molar-refractivity contribution in [3.63, 3.8) is 0 Å². The number of fused-ring (bicyclic) bond motifs is 1. The number of H-pyrrole nitrogens is 1. The maximum Gasteiger partial charge on any atom is 0.258 e. The predicted octanol–water partition coefficient (Wildman–Crippen LogP) is 8.43. The second-order valence-electron chi connectivity index (χ2n) is 13.1. The van der Waals surface area contributed by atoms with Gasteiger partial charge in [-0.05, 0) is 65.9 Å². The summed E-state index contributed by atoms with van der Waals surface area (Å²) in [6.45, 7) is 6.04. The van der Waals surface area contributed by atoms with Gasteiger partial charge in [0.25, 0.3) is 5.56 Å². The average Bonchev–Trinajstić information content (AvgIpc) is 3.79. The Balaban J connectivity index is 1.40. The van der Waals surface area contributed by atoms with Crippen LogP contribution >= 0.6 is 8.38 Å². The van der Waals surface area contributed by atoms with Gasteiger partial charge >= 0.3 is 0 Å². The van der Waals surface area contributed by atoms with E-state index >= 15 is 0 Å². The molecule has 11 heteroatoms. The van der Waals surface area contributed by atoms with Crippen LogP contribution in [0.1, 0.15) is 66.8 Å². The van der Waals surface area contributed by atoms with E-state index in [1.54, 1.807) is 27.4 Å². The third kappa shape index (κ3) is 8.76. The van der Waals surface area contributed by atoms with Crippen molar-refractivity contribution in [2.75, 3.05) is 34.1 Å². The van der Waals surface area contributed by atoms with Crippen LogP contribution in [0.15, 0.2) is 101 Å². The van der Waals surface area contributed by atoms with Crippen molar-refractivity contribution in [2.45, 2.75) is 62.9 Å². The largest absolute Gasteiger partial charge is 0.497 e. The topological polar surface area (TPSA) is 124 Å². The monoisotopic (exact) mass is 759 g/mol. The highest BCUT2D eigenvalue weighted by atomic mass is 31.2. The Hall–Kier alpha value is -5.06. The summed E-state index contributed by atoms with van der Waals surface area (Å²) < 4.78 is 37.9. The molecule has 10 nitrogen and oxygen atoms in total. The third-order valence-corrected chi connectivity index (χ3v) is 10.8. The Bertz CT molecular complexity index is 2090. The number of hydrogen-bond donors (Lipinski definition) is 1. The highest BCUT2D eigenvalue weighted by Gasteiger charge is 2.46. The van der Waals surface area contributed by atoms with Crippen molar-refractivity contribution < 1.29 is 28.0 Å². The molecule has 3 aromatic carbocycles. The van der Waals surface area contributed by atoms with Gasteiger partial charge < -0.3 is 33.0 Å². The van der Waals surface area contributed by atoms with Crippen LogP contribution < -0.4 is 15.0 Å². The van der Waals surface area contributed by atoms with Crippen molar-refractivity contribution in [2.24, 2.45) is 4.99 Å². The summed E-state index contributed by atoms with van der Waals surface area (Å²) in [5.41, 5.74) is 3.41. The minimum Gasteiger partial charge on any atom is -0.497 e. The number of aliphatic imine (C=N–C) groups is 1. The zero-order valence-corrected chi connectivity index (χ0v) is 32.7. The summed E-state index contributed by atoms with van der Waals surface area (Å²) in [6, 6.07) is 29.9. The number of nitrogens with one attached hydrogen (secondary N) is 1. The van der Waals surface area contributed by atoms with Crippen LogP contribution in [0, 0.1) is 23.2 Å². The molecule has 284 valence electrons. The molecule has 0 saturated carbocycles. The second-order valence-corrected chi connectivity index (χ2v) is 14.5. The molecular formula is C44H46N3O7P. The smallest absolute Gasteiger partial charge is 0.258 e. The lowest BCUT2D eigenvalue weighted by Crippen LogP contribution is -2.38. The Labute approximate surface area is 324 Å². The predicted molar refractivity (Wildman–Crippen MR) is 215 cm³/mol. The Morgan fingerprint density at radius 3 is 2.25 bits per heavy atom. The van der Waals surface area contributed by atoms with Gasteiger partial charge in [-0.25, -0.2) is 4.99 Å². The molecule has 2 unspecified atom stereocenters. The average molecular weight is 760 g/mol. The first-order valence-corrected chi connectivity index (χ1v) is 20.0. The molecule has 1 aliphatic carbocycles. The van der Waals surface area contributed by atoms with Crippen molar-refractivity contribution in [3.8, 4) is 29.4 Å². The lowest BCUT2D eigenvalue weighted by atomic mass is 9.80. The van der Waals surface area contributed by atoms with Crippen molar-refractivity contribution in [1.82, 2.24) is 4.98 Å². The summed E-state index contributed by atoms with van der Waals surface area (Å²) in [4.78, 5) is 20.9. The van der Waals surface area contributed by atoms with E-state index in [2.05, 4.69) is 40.0 Å². The molecule has 0 amide bonds. The molecule has 1 N–H and O–H groups in total. The molecule has 1 fully saturated rings. The van der Waals surface area contributed by atoms with Crippen LogP contribution in [0.5, 0.6) is 11.5 Å². The molecule has 1 aromatic heterocycles. The van der Waals surface area contributed by atoms with Crippen LogP contribution in [-0.2, 0) is 24.1 Å². The highest BCUT2D eigenvalue weighted by Crippen LogP contribution is 2.48. The normalized spacial score (nSPS) is 19.6. The van der Waals surface area contributed by atoms with E-state index in [-0.39, 0.29) is 37.2 Å². The van der Waals surface area contributed by atoms with Gasteiger partial charge in [-0.3, -0.25) is 4.79 Å². The molecular weight excluding hydrogens is 713 g/mol. The van der Waals surface area contributed by atoms with Crippen LogP contribution in [0.4, 0.5) is 5.82 Å². The number of allylic oxidation sites excluding steroid dienone is 1. The number of benzene rings is 3. The Morgan fingerprint density at radius 1 is 1.00 bits per heavy atom. The molecule has 1 saturated heterocycles. The fourth-order valence-electron chi connectivity index (χ4n) is 7.22. The van der Waals surface area contributed by atoms with E-state index in [0.717, 1.165) is 40.2 Å². The van der Waals surface area contributed by atoms with Gasteiger partial charge in [-0.1, -0.05) is 73.5 Å². The van der Waals surface area contributed by atoms with E-state index in [0.29, 0.717) is 23.4 Å². The zero-order chi connectivity index (χ0) is 38.8. The maximum absolute atomic E-state index is 13.5. The fraction of sp³-hybridized carbons (Fsp3) is 0.341. The molecule has 2 aliphatic rings. The molecule has 0 bridgehead atoms. The van der Waals surface area contributed by atoms with Crippen molar-refractivity contribution in [1.29, 1.82) is 5.26 Å². The zero-order valence-electron chi connectivity index (χ0n) is 31.8. The fourth-order valence-corrected chi connectivity index (χ4v) is 8.24. The van der Waals surface area contributed by atoms with Crippen molar-refractivity contribution in [3.05, 3.63) is 129 Å². The summed E-state index contributed by atoms with van der Waals surface area (Å²) >= 11 is 0. The van der Waals surface area contributed by atoms with Gasteiger partial charge in [0.2, 0.25) is 0 Å². The summed E-state index contributed by atoms with van der Waals surface area (Å²) in [5.74, 6) is 7.75. The van der Waals surface area contributed by atoms with Gasteiger partial charge in [-0.15, -0.1) is 5.92 Å². The molecule has 0 radical (unpaired) electrons. The van der Waals surface area contributed by atoms with Gasteiger partial charge in [0.1, 0.15) is 29.0 Å². The first kappa shape index (κ1) is 39.6. The molecule has 0 spiro atoms. The number of ether oxygens (including phenoxy) is 4. The Kier molecular flexibility index (Phi) is 13.3. The number of methoxy groups -OCH3 is 2. The number of aromatic amines is 1. The number of nitrogens with zero attached hydrogens (tertiary/aromatic N) is 2. The quantitative estimate of drug-likeness (QED) is 0.0397. The number of nitriles is 1. The molecule has 2 heterocycles. The maximum atomic E-state index is 13.5. The SMILES string of the molecule is CC#CC1=CC([C@H]2C[C@@H](OP(C)OCCC#N)[C@@H](COC(c3ccccc3)(c3ccc(OC)cc3)c3ccc(OC)cc3)O2)c2cc(/N=C/CC)[nH]c(=O)c21. The molecule has 5 atom stereocenters. The lowest BCUT2D eigenvalue weighted by molar-refractivity contribution is -0.0803. The van der Waals surface area contributed by atoms with Crippen LogP contribution in [0.3, 0.4) is 0 Å². The molecule has 1 aliphatic heterocycles. The van der Waals surface area contributed by atoms with Crippen LogP contribution in [-0.4, -0.2) is 63.6 Å². The van der Waals surface area contributed by atoms with E-state index in [9.17, 15) is 4.79 Å². The standard InChI is InChI=1S/C44H46N3O7P/c1-6-12-30-26-36(37-27-41(46-24-7-2)47-43(48)42(30)37)38-28-39(54-55(5)52-25-11-23-45)40(53-38)29-51-44(31-13-9-8-10-14-31,32-15-19-34(49-3)20-16-32)33-17-21-35(50-4)22-18-33/h8-10,13-22,24,26-27,36,38-40H,7,11,25,28-29H2,1-5H3,(H,47,48)/b46-24+/t36?,38-,39-,40-,55?/m1/s1. The first-order valence-electron chi connectivity index (χ1n) is 18.3. The minimum absolute atomic E-state index is 0.141. The number of aromatic nitrogens is 1. The van der Waals surface area contributed by atoms with E-state index < -0.39 is 26.2 Å². The number of pyridine rings is 1. The molecule has 4 aromatic rings. The van der Waals surface area contributed by atoms with Gasteiger partial charge in [0.15, 0.2) is 8.38 Å². The summed E-state index contributed by atoms with van der Waals surface area (Å²) in [7, 11) is 1.93. The van der Waals surface area contributed by atoms with E-state index in [1.165, 1.54) is 0 Å². The number of rotatable bonds is 16. The third-order valence-electron chi connectivity index (χ3n) is 9.73. The van der Waals surface area contributed by atoms with Gasteiger partial charge in [-0.2, -0.15) is 5.26 Å². The number of hydrogen-bond acceptors (Lipinski definition) is 9. The first-order chi connectivity index (χ1) is 26.8. The Morgan fingerprint density at radius 2 is 1.65 bits per heavy atom. The highest BCUT2D eigenvalue weighted by molar-refractivity contribution is 7.46. The van der Waals surface area contributed by atoms with Gasteiger partial charge in [0.05, 0.1) is 57.7 Å². The summed E-state index contributed by atoms with van der Waals surface area (Å²) in [5, 5.41) is 9.11. The van der Waals surface area contributed by atoms with E-state index in [1.807, 2.05) is 92.5 Å². The van der Waals surface area contributed by atoms with Crippen molar-refractivity contribution >= 4 is 26.0 Å². The lowest BCUT2D eigenvalue weighted by Gasteiger charge is -2.37. The summed E-state index contributed by atoms with van der Waals surface area (Å²) in [6.07, 6.45) is 3.94. The molecule has 6 rings (SSSR count). The van der Waals surface area contributed by atoms with Gasteiger partial charge in [0, 0.05) is 30.8 Å².